The van der Waals surface area contributed by atoms with Crippen LogP contribution in [0.15, 0.2) is 48.5 Å². The number of carbonyl (C=O) groups is 1. The molecule has 162 valence electrons. The van der Waals surface area contributed by atoms with E-state index in [-0.39, 0.29) is 30.4 Å². The summed E-state index contributed by atoms with van der Waals surface area (Å²) in [4.78, 5) is 17.2. The molecule has 2 aromatic rings. The number of rotatable bonds is 7. The Morgan fingerprint density at radius 1 is 1.10 bits per heavy atom. The number of ether oxygens (including phenoxy) is 1. The summed E-state index contributed by atoms with van der Waals surface area (Å²) < 4.78 is 19.1. The minimum atomic E-state index is -0.217. The highest BCUT2D eigenvalue weighted by Gasteiger charge is 2.32. The smallest absolute Gasteiger partial charge is 0.260 e. The molecule has 1 heterocycles. The van der Waals surface area contributed by atoms with Crippen LogP contribution < -0.4 is 4.74 Å². The largest absolute Gasteiger partial charge is 0.483 e. The van der Waals surface area contributed by atoms with Gasteiger partial charge in [0.2, 0.25) is 0 Å². The third-order valence-corrected chi connectivity index (χ3v) is 6.15. The van der Waals surface area contributed by atoms with Gasteiger partial charge >= 0.3 is 0 Å². The van der Waals surface area contributed by atoms with Crippen molar-refractivity contribution in [3.8, 4) is 5.75 Å². The maximum Gasteiger partial charge on any atom is 0.260 e. The lowest BCUT2D eigenvalue weighted by molar-refractivity contribution is -0.139. The summed E-state index contributed by atoms with van der Waals surface area (Å²) in [6.07, 6.45) is 1.03. The molecule has 1 amide bonds. The van der Waals surface area contributed by atoms with E-state index < -0.39 is 0 Å². The van der Waals surface area contributed by atoms with Crippen LogP contribution in [0.3, 0.4) is 0 Å². The van der Waals surface area contributed by atoms with Gasteiger partial charge in [-0.15, -0.1) is 0 Å². The van der Waals surface area contributed by atoms with E-state index in [1.807, 2.05) is 35.2 Å². The van der Waals surface area contributed by atoms with Crippen molar-refractivity contribution in [2.75, 3.05) is 19.7 Å². The van der Waals surface area contributed by atoms with Gasteiger partial charge < -0.3 is 9.64 Å². The molecular formula is C25H33FN2O2. The predicted molar refractivity (Wildman–Crippen MR) is 118 cm³/mol. The van der Waals surface area contributed by atoms with Crippen molar-refractivity contribution in [1.29, 1.82) is 0 Å². The highest BCUT2D eigenvalue weighted by Crippen LogP contribution is 2.28. The third-order valence-electron chi connectivity index (χ3n) is 6.15. The van der Waals surface area contributed by atoms with E-state index in [1.54, 1.807) is 0 Å². The van der Waals surface area contributed by atoms with Crippen LogP contribution in [0.2, 0.25) is 0 Å². The molecule has 0 radical (unpaired) electrons. The Labute approximate surface area is 179 Å². The minimum absolute atomic E-state index is 0.0229. The zero-order chi connectivity index (χ0) is 21.7. The van der Waals surface area contributed by atoms with Gasteiger partial charge in [0.05, 0.1) is 0 Å². The number of halogens is 1. The van der Waals surface area contributed by atoms with Gasteiger partial charge in [-0.25, -0.2) is 4.39 Å². The van der Waals surface area contributed by atoms with Crippen LogP contribution in [0.1, 0.15) is 51.2 Å². The van der Waals surface area contributed by atoms with Crippen molar-refractivity contribution < 1.29 is 13.9 Å². The summed E-state index contributed by atoms with van der Waals surface area (Å²) in [5.41, 5.74) is 2.23. The van der Waals surface area contributed by atoms with Gasteiger partial charge in [-0.2, -0.15) is 0 Å². The zero-order valence-electron chi connectivity index (χ0n) is 18.5. The maximum absolute atomic E-state index is 13.2. The molecular weight excluding hydrogens is 379 g/mol. The summed E-state index contributed by atoms with van der Waals surface area (Å²) in [6, 6.07) is 15.0. The van der Waals surface area contributed by atoms with E-state index >= 15 is 0 Å². The molecule has 1 aliphatic heterocycles. The van der Waals surface area contributed by atoms with Crippen molar-refractivity contribution in [1.82, 2.24) is 9.80 Å². The van der Waals surface area contributed by atoms with Crippen LogP contribution in [0.5, 0.6) is 5.75 Å². The third kappa shape index (κ3) is 5.39. The van der Waals surface area contributed by atoms with Crippen molar-refractivity contribution >= 4 is 5.91 Å². The van der Waals surface area contributed by atoms with Crippen LogP contribution in [-0.4, -0.2) is 47.5 Å². The first kappa shape index (κ1) is 22.3. The normalized spacial score (nSPS) is 20.8. The molecule has 1 fully saturated rings. The first-order valence-corrected chi connectivity index (χ1v) is 10.9. The average Bonchev–Trinajstić information content (AvgIpc) is 2.75. The SMILES string of the molecule is CCC(C)c1ccccc1OCC(=O)N1CC(C)N(Cc2ccc(F)cc2)CC1C. The van der Waals surface area contributed by atoms with Gasteiger partial charge in [-0.05, 0) is 55.5 Å². The molecule has 30 heavy (non-hydrogen) atoms. The van der Waals surface area contributed by atoms with Crippen molar-refractivity contribution in [2.24, 2.45) is 0 Å². The highest BCUT2D eigenvalue weighted by atomic mass is 19.1. The second-order valence-electron chi connectivity index (χ2n) is 8.44. The molecule has 3 unspecified atom stereocenters. The number of piperazine rings is 1. The highest BCUT2D eigenvalue weighted by molar-refractivity contribution is 5.78. The number of benzene rings is 2. The molecule has 0 spiro atoms. The summed E-state index contributed by atoms with van der Waals surface area (Å²) in [5, 5.41) is 0. The quantitative estimate of drug-likeness (QED) is 0.652. The number of amides is 1. The predicted octanol–water partition coefficient (Wildman–Crippen LogP) is 4.84. The number of para-hydroxylation sites is 1. The second-order valence-corrected chi connectivity index (χ2v) is 8.44. The topological polar surface area (TPSA) is 32.8 Å². The van der Waals surface area contributed by atoms with Crippen molar-refractivity contribution in [3.05, 3.63) is 65.5 Å². The van der Waals surface area contributed by atoms with E-state index in [9.17, 15) is 9.18 Å². The van der Waals surface area contributed by atoms with E-state index in [0.29, 0.717) is 12.5 Å². The van der Waals surface area contributed by atoms with E-state index in [2.05, 4.69) is 38.7 Å². The van der Waals surface area contributed by atoms with E-state index in [1.165, 1.54) is 12.1 Å². The molecule has 0 aromatic heterocycles. The fourth-order valence-corrected chi connectivity index (χ4v) is 4.05. The Hall–Kier alpha value is -2.40. The Morgan fingerprint density at radius 2 is 1.80 bits per heavy atom. The van der Waals surface area contributed by atoms with E-state index in [0.717, 1.165) is 36.4 Å². The molecule has 4 nitrogen and oxygen atoms in total. The second kappa shape index (κ2) is 10.1. The first-order valence-electron chi connectivity index (χ1n) is 10.9. The Morgan fingerprint density at radius 3 is 2.50 bits per heavy atom. The lowest BCUT2D eigenvalue weighted by Gasteiger charge is -2.44. The molecule has 0 N–H and O–H groups in total. The maximum atomic E-state index is 13.2. The molecule has 0 bridgehead atoms. The average molecular weight is 413 g/mol. The Bertz CT molecular complexity index is 839. The van der Waals surface area contributed by atoms with Crippen LogP contribution in [0.25, 0.3) is 0 Å². The van der Waals surface area contributed by atoms with Gasteiger partial charge in [0.15, 0.2) is 6.61 Å². The Balaban J connectivity index is 1.58. The first-order chi connectivity index (χ1) is 14.4. The zero-order valence-corrected chi connectivity index (χ0v) is 18.5. The molecule has 1 aliphatic rings. The van der Waals surface area contributed by atoms with Crippen LogP contribution in [0.4, 0.5) is 4.39 Å². The number of nitrogens with zero attached hydrogens (tertiary/aromatic N) is 2. The van der Waals surface area contributed by atoms with Gasteiger partial charge in [-0.3, -0.25) is 9.69 Å². The fourth-order valence-electron chi connectivity index (χ4n) is 4.05. The lowest BCUT2D eigenvalue weighted by atomic mass is 9.98. The van der Waals surface area contributed by atoms with Crippen LogP contribution in [0, 0.1) is 5.82 Å². The Kier molecular flexibility index (Phi) is 7.48. The minimum Gasteiger partial charge on any atom is -0.483 e. The number of hydrogen-bond acceptors (Lipinski definition) is 3. The van der Waals surface area contributed by atoms with Crippen molar-refractivity contribution in [2.45, 2.75) is 58.7 Å². The van der Waals surface area contributed by atoms with Crippen LogP contribution in [-0.2, 0) is 11.3 Å². The van der Waals surface area contributed by atoms with Gasteiger partial charge in [-0.1, -0.05) is 44.2 Å². The molecule has 1 saturated heterocycles. The summed E-state index contributed by atoms with van der Waals surface area (Å²) in [6.45, 7) is 10.8. The standard InChI is InChI=1S/C25H33FN2O2/c1-5-18(2)23-8-6-7-9-24(23)30-17-25(29)28-15-19(3)27(14-20(28)4)16-21-10-12-22(26)13-11-21/h6-13,18-20H,5,14-17H2,1-4H3. The van der Waals surface area contributed by atoms with Crippen LogP contribution >= 0.6 is 0 Å². The molecule has 3 rings (SSSR count). The summed E-state index contributed by atoms with van der Waals surface area (Å²) in [5.74, 6) is 1.00. The van der Waals surface area contributed by atoms with Gasteiger partial charge in [0.1, 0.15) is 11.6 Å². The van der Waals surface area contributed by atoms with Gasteiger partial charge in [0.25, 0.3) is 5.91 Å². The molecule has 0 aliphatic carbocycles. The molecule has 0 saturated carbocycles. The van der Waals surface area contributed by atoms with Gasteiger partial charge in [0, 0.05) is 31.7 Å². The fraction of sp³-hybridized carbons (Fsp3) is 0.480. The monoisotopic (exact) mass is 412 g/mol. The van der Waals surface area contributed by atoms with E-state index in [4.69, 9.17) is 4.74 Å². The number of hydrogen-bond donors (Lipinski definition) is 0. The number of carbonyl (C=O) groups excluding carboxylic acids is 1. The summed E-state index contributed by atoms with van der Waals surface area (Å²) >= 11 is 0. The van der Waals surface area contributed by atoms with Crippen molar-refractivity contribution in [3.63, 3.8) is 0 Å². The molecule has 5 heteroatoms. The summed E-state index contributed by atoms with van der Waals surface area (Å²) in [7, 11) is 0. The lowest BCUT2D eigenvalue weighted by Crippen LogP contribution is -2.58. The molecule has 2 aromatic carbocycles. The molecule has 3 atom stereocenters.